The van der Waals surface area contributed by atoms with Gasteiger partial charge in [-0.15, -0.1) is 0 Å². The average Bonchev–Trinajstić information content (AvgIpc) is 2.90. The number of amides is 1. The Morgan fingerprint density at radius 1 is 1.03 bits per heavy atom. The van der Waals surface area contributed by atoms with Gasteiger partial charge in [-0.3, -0.25) is 4.98 Å². The fourth-order valence-corrected chi connectivity index (χ4v) is 6.94. The van der Waals surface area contributed by atoms with Crippen molar-refractivity contribution in [2.45, 2.75) is 46.1 Å². The molecule has 2 aromatic rings. The Kier molecular flexibility index (Phi) is 10.6. The topological polar surface area (TPSA) is 58.0 Å². The molecule has 1 amide bonds. The van der Waals surface area contributed by atoms with Crippen LogP contribution in [0.2, 0.25) is 5.02 Å². The molecule has 36 heavy (non-hydrogen) atoms. The van der Waals surface area contributed by atoms with Gasteiger partial charge >= 0.3 is 197 Å². The number of halogens is 2. The van der Waals surface area contributed by atoms with Gasteiger partial charge in [0.1, 0.15) is 0 Å². The van der Waals surface area contributed by atoms with Crippen LogP contribution in [0.25, 0.3) is 0 Å². The van der Waals surface area contributed by atoms with Gasteiger partial charge in [-0.25, -0.2) is 0 Å². The summed E-state index contributed by atoms with van der Waals surface area (Å²) < 4.78 is 10.8. The zero-order valence-corrected chi connectivity index (χ0v) is 24.2. The van der Waals surface area contributed by atoms with Crippen LogP contribution in [0.4, 0.5) is 0 Å². The van der Waals surface area contributed by atoms with E-state index in [0.717, 1.165) is 81.3 Å². The van der Waals surface area contributed by atoms with E-state index in [-0.39, 0.29) is 5.92 Å². The molecule has 0 radical (unpaired) electrons. The van der Waals surface area contributed by atoms with Crippen LogP contribution in [-0.4, -0.2) is 59.2 Å². The van der Waals surface area contributed by atoms with Crippen molar-refractivity contribution in [2.24, 2.45) is 21.0 Å². The predicted molar refractivity (Wildman–Crippen MR) is 140 cm³/mol. The first kappa shape index (κ1) is 27.5. The summed E-state index contributed by atoms with van der Waals surface area (Å²) >= 11 is 5.43. The molecule has 8 heteroatoms. The molecule has 2 aliphatic rings. The molecule has 0 unspecified atom stereocenters. The number of rotatable bonds is 9. The Bertz CT molecular complexity index is 986. The van der Waals surface area contributed by atoms with Crippen molar-refractivity contribution in [1.29, 1.82) is 0 Å². The summed E-state index contributed by atoms with van der Waals surface area (Å²) in [5.74, 6) is 1.35. The fraction of sp³-hybridized carbons (Fsp3) is 0.536. The van der Waals surface area contributed by atoms with Gasteiger partial charge in [-0.2, -0.15) is 0 Å². The van der Waals surface area contributed by atoms with Crippen molar-refractivity contribution in [3.63, 3.8) is 0 Å². The number of aromatic nitrogens is 1. The SMILES string of the molecule is CC(C)CO[I-]/N=C(/c1ccc(Cl)cc1)C1CCN(C(=O)C2CCN(Cc3ccncc3)CC2)CC1. The molecule has 0 N–H and O–H groups in total. The molecule has 0 atom stereocenters. The predicted octanol–water partition coefficient (Wildman–Crippen LogP) is 2.27. The molecule has 2 fully saturated rings. The van der Waals surface area contributed by atoms with E-state index in [1.165, 1.54) is 5.56 Å². The normalized spacial score (nSPS) is 18.8. The molecular weight excluding hydrogens is 587 g/mol. The number of piperidine rings is 2. The monoisotopic (exact) mass is 623 g/mol. The number of hydrogen-bond donors (Lipinski definition) is 0. The summed E-state index contributed by atoms with van der Waals surface area (Å²) in [6, 6.07) is 12.1. The van der Waals surface area contributed by atoms with Crippen LogP contribution >= 0.6 is 11.6 Å². The zero-order chi connectivity index (χ0) is 25.3. The molecule has 1 aromatic carbocycles. The maximum atomic E-state index is 13.3. The Hall–Kier alpha value is -1.55. The van der Waals surface area contributed by atoms with Gasteiger partial charge < -0.3 is 0 Å². The summed E-state index contributed by atoms with van der Waals surface area (Å²) in [7, 11) is 0. The molecule has 1 aromatic heterocycles. The number of benzene rings is 1. The minimum absolute atomic E-state index is 0.148. The number of hydrogen-bond acceptors (Lipinski definition) is 5. The Balaban J connectivity index is 1.29. The number of nitrogens with zero attached hydrogens (tertiary/aromatic N) is 4. The van der Waals surface area contributed by atoms with E-state index in [1.807, 2.05) is 24.5 Å². The second kappa shape index (κ2) is 13.8. The summed E-state index contributed by atoms with van der Waals surface area (Å²) in [4.78, 5) is 22.0. The van der Waals surface area contributed by atoms with Gasteiger partial charge in [0, 0.05) is 12.4 Å². The third-order valence-electron chi connectivity index (χ3n) is 7.00. The molecular formula is C28H37ClIN4O2-. The Morgan fingerprint density at radius 3 is 2.31 bits per heavy atom. The summed E-state index contributed by atoms with van der Waals surface area (Å²) in [6.07, 6.45) is 7.47. The van der Waals surface area contributed by atoms with Crippen molar-refractivity contribution >= 4 is 23.2 Å². The molecule has 0 bridgehead atoms. The molecule has 6 nitrogen and oxygen atoms in total. The van der Waals surface area contributed by atoms with Gasteiger partial charge in [0.25, 0.3) is 0 Å². The van der Waals surface area contributed by atoms with Gasteiger partial charge in [-0.05, 0) is 17.7 Å². The number of pyridine rings is 1. The maximum absolute atomic E-state index is 13.3. The van der Waals surface area contributed by atoms with Gasteiger partial charge in [0.15, 0.2) is 0 Å². The fourth-order valence-electron chi connectivity index (χ4n) is 4.91. The average molecular weight is 624 g/mol. The van der Waals surface area contributed by atoms with Crippen molar-refractivity contribution in [1.82, 2.24) is 14.8 Å². The summed E-state index contributed by atoms with van der Waals surface area (Å²) in [5, 5.41) is 0.732. The summed E-state index contributed by atoms with van der Waals surface area (Å²) in [5.41, 5.74) is 3.53. The first-order valence-electron chi connectivity index (χ1n) is 13.0. The second-order valence-corrected chi connectivity index (χ2v) is 12.2. The molecule has 0 spiro atoms. The quantitative estimate of drug-likeness (QED) is 0.245. The summed E-state index contributed by atoms with van der Waals surface area (Å²) in [6.45, 7) is 9.56. The van der Waals surface area contributed by atoms with Crippen LogP contribution in [0.1, 0.15) is 50.7 Å². The van der Waals surface area contributed by atoms with Crippen LogP contribution in [0.5, 0.6) is 0 Å². The number of carbonyl (C=O) groups excluding carboxylic acids is 1. The van der Waals surface area contributed by atoms with Crippen LogP contribution in [0, 0.1) is 17.8 Å². The van der Waals surface area contributed by atoms with Crippen molar-refractivity contribution in [3.8, 4) is 0 Å². The van der Waals surface area contributed by atoms with Gasteiger partial charge in [0.2, 0.25) is 0 Å². The molecule has 4 rings (SSSR count). The second-order valence-electron chi connectivity index (χ2n) is 10.2. The van der Waals surface area contributed by atoms with Crippen molar-refractivity contribution in [2.75, 3.05) is 32.8 Å². The first-order chi connectivity index (χ1) is 17.5. The Labute approximate surface area is 231 Å². The van der Waals surface area contributed by atoms with Crippen LogP contribution in [0.3, 0.4) is 0 Å². The van der Waals surface area contributed by atoms with Crippen LogP contribution in [0.15, 0.2) is 52.0 Å². The molecule has 2 saturated heterocycles. The zero-order valence-electron chi connectivity index (χ0n) is 21.3. The molecule has 0 aliphatic carbocycles. The van der Waals surface area contributed by atoms with E-state index in [0.29, 0.717) is 17.7 Å². The molecule has 196 valence electrons. The van der Waals surface area contributed by atoms with Crippen LogP contribution < -0.4 is 21.9 Å². The third-order valence-corrected chi connectivity index (χ3v) is 8.60. The number of likely N-dealkylation sites (tertiary alicyclic amines) is 2. The van der Waals surface area contributed by atoms with E-state index < -0.39 is 21.9 Å². The minimum atomic E-state index is -0.702. The number of carbonyl (C=O) groups is 1. The molecule has 0 saturated carbocycles. The van der Waals surface area contributed by atoms with E-state index in [9.17, 15) is 4.79 Å². The first-order valence-corrected chi connectivity index (χ1v) is 15.2. The van der Waals surface area contributed by atoms with Crippen molar-refractivity contribution < 1.29 is 29.8 Å². The standard InChI is InChI=1S/C28H37ClIN4O2/c1-21(2)20-36-30-32-27(23-3-5-26(29)6-4-23)24-11-17-34(18-12-24)28(35)25-9-15-33(16-10-25)19-22-7-13-31-14-8-22/h3-8,13-14,21,24-25H,9-12,15-20H2,1-2H3/q-1/b32-27-. The third kappa shape index (κ3) is 7.97. The van der Waals surface area contributed by atoms with Crippen molar-refractivity contribution in [3.05, 3.63) is 64.9 Å². The van der Waals surface area contributed by atoms with E-state index in [1.54, 1.807) is 0 Å². The molecule has 3 heterocycles. The molecule has 2 aliphatic heterocycles. The van der Waals surface area contributed by atoms with E-state index >= 15 is 0 Å². The van der Waals surface area contributed by atoms with E-state index in [4.69, 9.17) is 17.9 Å². The van der Waals surface area contributed by atoms with Gasteiger partial charge in [0.05, 0.1) is 0 Å². The van der Waals surface area contributed by atoms with Crippen LogP contribution in [-0.2, 0) is 14.4 Å². The van der Waals surface area contributed by atoms with E-state index in [2.05, 4.69) is 52.9 Å². The Morgan fingerprint density at radius 2 is 1.67 bits per heavy atom. The van der Waals surface area contributed by atoms with Gasteiger partial charge in [-0.1, -0.05) is 0 Å².